The highest BCUT2D eigenvalue weighted by atomic mass is 16.3. The number of aliphatic hydroxyl groups is 1. The highest BCUT2D eigenvalue weighted by molar-refractivity contribution is 5.91. The van der Waals surface area contributed by atoms with E-state index in [0.29, 0.717) is 37.0 Å². The summed E-state index contributed by atoms with van der Waals surface area (Å²) in [6.07, 6.45) is 8.26. The van der Waals surface area contributed by atoms with Crippen LogP contribution in [0.3, 0.4) is 0 Å². The van der Waals surface area contributed by atoms with Crippen molar-refractivity contribution in [1.29, 1.82) is 0 Å². The summed E-state index contributed by atoms with van der Waals surface area (Å²) in [6, 6.07) is 0.736. The smallest absolute Gasteiger partial charge is 0.137 e. The lowest BCUT2D eigenvalue weighted by atomic mass is 9.51. The third-order valence-corrected chi connectivity index (χ3v) is 11.7. The van der Waals surface area contributed by atoms with Gasteiger partial charge in [0.2, 0.25) is 0 Å². The van der Waals surface area contributed by atoms with Crippen molar-refractivity contribution in [2.45, 2.75) is 90.2 Å². The second kappa shape index (κ2) is 6.88. The molecule has 4 heteroatoms. The SMILES string of the molecule is C[C@@H]1CC[C@H]2[C@H](C)[C@H]3CC[C@@]4(O)[C@@H]5CC(=O)[C@H]6CC(=O)CC[C@]6(C)[C@H]5C[C@H]4[C@@H]3CN2C1. The molecule has 0 aromatic rings. The molecular weight excluding hydrogens is 386 g/mol. The molecule has 4 saturated carbocycles. The van der Waals surface area contributed by atoms with Crippen molar-refractivity contribution >= 4 is 11.6 Å². The van der Waals surface area contributed by atoms with Crippen molar-refractivity contribution in [2.24, 2.45) is 52.8 Å². The highest BCUT2D eigenvalue weighted by Gasteiger charge is 2.68. The Morgan fingerprint density at radius 2 is 1.74 bits per heavy atom. The molecule has 0 spiro atoms. The van der Waals surface area contributed by atoms with Crippen LogP contribution in [0.15, 0.2) is 0 Å². The zero-order valence-electron chi connectivity index (χ0n) is 19.7. The van der Waals surface area contributed by atoms with Gasteiger partial charge in [-0.25, -0.2) is 0 Å². The van der Waals surface area contributed by atoms with Crippen LogP contribution >= 0.6 is 0 Å². The summed E-state index contributed by atoms with van der Waals surface area (Å²) in [6.45, 7) is 9.55. The number of hydrogen-bond donors (Lipinski definition) is 1. The Hall–Kier alpha value is -0.740. The Morgan fingerprint density at radius 1 is 0.935 bits per heavy atom. The normalized spacial score (nSPS) is 56.8. The van der Waals surface area contributed by atoms with Crippen molar-refractivity contribution < 1.29 is 14.7 Å². The van der Waals surface area contributed by atoms with Gasteiger partial charge in [-0.1, -0.05) is 20.8 Å². The topological polar surface area (TPSA) is 57.6 Å². The van der Waals surface area contributed by atoms with Crippen LogP contribution in [-0.4, -0.2) is 46.3 Å². The minimum absolute atomic E-state index is 0.0844. The number of ketones is 2. The molecule has 0 amide bonds. The number of fused-ring (bicyclic) bond motifs is 8. The first kappa shape index (κ1) is 20.8. The number of carbonyl (C=O) groups excluding carboxylic acids is 2. The molecular formula is C27H41NO3. The van der Waals surface area contributed by atoms with Crippen LogP contribution in [0, 0.1) is 52.8 Å². The van der Waals surface area contributed by atoms with E-state index >= 15 is 0 Å². The molecule has 6 fully saturated rings. The van der Waals surface area contributed by atoms with Crippen molar-refractivity contribution in [3.05, 3.63) is 0 Å². The first-order valence-corrected chi connectivity index (χ1v) is 13.2. The molecule has 4 nitrogen and oxygen atoms in total. The van der Waals surface area contributed by atoms with Gasteiger partial charge in [-0.15, -0.1) is 0 Å². The van der Waals surface area contributed by atoms with E-state index in [0.717, 1.165) is 56.0 Å². The second-order valence-corrected chi connectivity index (χ2v) is 12.9. The minimum Gasteiger partial charge on any atom is -0.389 e. The Bertz CT molecular complexity index is 793. The molecule has 6 aliphatic rings. The van der Waals surface area contributed by atoms with Gasteiger partial charge in [0.25, 0.3) is 0 Å². The molecule has 0 unspecified atom stereocenters. The summed E-state index contributed by atoms with van der Waals surface area (Å²) in [5.41, 5.74) is -0.746. The fourth-order valence-electron chi connectivity index (χ4n) is 10.1. The van der Waals surface area contributed by atoms with E-state index in [-0.39, 0.29) is 28.8 Å². The maximum Gasteiger partial charge on any atom is 0.137 e. The number of Topliss-reactive ketones (excluding diaryl/α,β-unsaturated/α-hetero) is 2. The van der Waals surface area contributed by atoms with Crippen molar-refractivity contribution in [1.82, 2.24) is 4.90 Å². The lowest BCUT2D eigenvalue weighted by Gasteiger charge is -2.58. The largest absolute Gasteiger partial charge is 0.389 e. The van der Waals surface area contributed by atoms with Crippen LogP contribution in [0.5, 0.6) is 0 Å². The zero-order valence-corrected chi connectivity index (χ0v) is 19.7. The van der Waals surface area contributed by atoms with E-state index in [1.165, 1.54) is 19.4 Å². The van der Waals surface area contributed by atoms with Crippen LogP contribution < -0.4 is 0 Å². The van der Waals surface area contributed by atoms with Gasteiger partial charge in [-0.2, -0.15) is 0 Å². The lowest BCUT2D eigenvalue weighted by Crippen LogP contribution is -2.62. The predicted octanol–water partition coefficient (Wildman–Crippen LogP) is 4.09. The summed E-state index contributed by atoms with van der Waals surface area (Å²) < 4.78 is 0. The Labute approximate surface area is 187 Å². The number of carbonyl (C=O) groups is 2. The maximum atomic E-state index is 13.2. The number of piperidine rings is 2. The molecule has 2 aliphatic heterocycles. The predicted molar refractivity (Wildman–Crippen MR) is 119 cm³/mol. The minimum atomic E-state index is -0.662. The van der Waals surface area contributed by atoms with Crippen LogP contribution in [0.2, 0.25) is 0 Å². The first-order chi connectivity index (χ1) is 14.7. The molecule has 0 bridgehead atoms. The maximum absolute atomic E-state index is 13.2. The summed E-state index contributed by atoms with van der Waals surface area (Å²) in [7, 11) is 0. The summed E-state index contributed by atoms with van der Waals surface area (Å²) in [4.78, 5) is 28.2. The molecule has 0 aromatic carbocycles. The first-order valence-electron chi connectivity index (χ1n) is 13.2. The molecule has 2 saturated heterocycles. The van der Waals surface area contributed by atoms with Gasteiger partial charge in [0.05, 0.1) is 5.60 Å². The van der Waals surface area contributed by atoms with E-state index in [1.807, 2.05) is 0 Å². The summed E-state index contributed by atoms with van der Waals surface area (Å²) >= 11 is 0. The van der Waals surface area contributed by atoms with Crippen LogP contribution in [0.1, 0.15) is 78.6 Å². The molecule has 6 rings (SSSR count). The highest BCUT2D eigenvalue weighted by Crippen LogP contribution is 2.67. The third-order valence-electron chi connectivity index (χ3n) is 11.7. The zero-order chi connectivity index (χ0) is 21.7. The molecule has 11 atom stereocenters. The molecule has 0 radical (unpaired) electrons. The van der Waals surface area contributed by atoms with Gasteiger partial charge in [0, 0.05) is 44.3 Å². The van der Waals surface area contributed by atoms with E-state index < -0.39 is 5.60 Å². The second-order valence-electron chi connectivity index (χ2n) is 12.9. The molecule has 1 N–H and O–H groups in total. The van der Waals surface area contributed by atoms with Crippen molar-refractivity contribution in [3.8, 4) is 0 Å². The van der Waals surface area contributed by atoms with Gasteiger partial charge >= 0.3 is 0 Å². The van der Waals surface area contributed by atoms with Crippen LogP contribution in [-0.2, 0) is 9.59 Å². The molecule has 0 aromatic heterocycles. The fourth-order valence-corrected chi connectivity index (χ4v) is 10.1. The monoisotopic (exact) mass is 427 g/mol. The van der Waals surface area contributed by atoms with E-state index in [2.05, 4.69) is 25.7 Å². The van der Waals surface area contributed by atoms with Gasteiger partial charge in [0.15, 0.2) is 0 Å². The van der Waals surface area contributed by atoms with Crippen LogP contribution in [0.25, 0.3) is 0 Å². The number of rotatable bonds is 0. The molecule has 172 valence electrons. The van der Waals surface area contributed by atoms with Gasteiger partial charge in [-0.05, 0) is 85.4 Å². The van der Waals surface area contributed by atoms with Crippen LogP contribution in [0.4, 0.5) is 0 Å². The van der Waals surface area contributed by atoms with Gasteiger partial charge in [0.1, 0.15) is 11.6 Å². The average molecular weight is 428 g/mol. The standard InChI is InChI=1S/C27H41NO3/c1-15-4-5-24-16(2)18-7-9-27(31)20(19(18)14-28(24)13-15)11-21-22(27)12-25(30)23-10-17(29)6-8-26(21,23)3/h15-16,18-24,31H,4-14H2,1-3H3/t15-,16-,18-,19-,20+,21+,22-,23-,24+,26-,27+/m1/s1. The number of hydrogen-bond acceptors (Lipinski definition) is 4. The Kier molecular flexibility index (Phi) is 4.63. The van der Waals surface area contributed by atoms with Crippen molar-refractivity contribution in [3.63, 3.8) is 0 Å². The molecule has 31 heavy (non-hydrogen) atoms. The summed E-state index contributed by atoms with van der Waals surface area (Å²) in [5, 5.41) is 12.2. The Morgan fingerprint density at radius 3 is 2.55 bits per heavy atom. The molecule has 4 aliphatic carbocycles. The Balaban J connectivity index is 1.33. The average Bonchev–Trinajstić information content (AvgIpc) is 3.03. The lowest BCUT2D eigenvalue weighted by molar-refractivity contribution is -0.165. The quantitative estimate of drug-likeness (QED) is 0.632. The van der Waals surface area contributed by atoms with E-state index in [1.54, 1.807) is 0 Å². The van der Waals surface area contributed by atoms with Gasteiger partial charge < -0.3 is 5.11 Å². The van der Waals surface area contributed by atoms with E-state index in [9.17, 15) is 14.7 Å². The molecule has 2 heterocycles. The third kappa shape index (κ3) is 2.79. The number of nitrogens with zero attached hydrogens (tertiary/aromatic N) is 1. The van der Waals surface area contributed by atoms with Gasteiger partial charge in [-0.3, -0.25) is 14.5 Å². The van der Waals surface area contributed by atoms with Crippen molar-refractivity contribution in [2.75, 3.05) is 13.1 Å². The summed E-state index contributed by atoms with van der Waals surface area (Å²) in [5.74, 6) is 4.12. The van der Waals surface area contributed by atoms with E-state index in [4.69, 9.17) is 0 Å². The fraction of sp³-hybridized carbons (Fsp3) is 0.926.